The Morgan fingerprint density at radius 3 is 2.16 bits per heavy atom. The minimum absolute atomic E-state index is 0.0822. The summed E-state index contributed by atoms with van der Waals surface area (Å²) in [7, 11) is 1.61. The van der Waals surface area contributed by atoms with Crippen molar-refractivity contribution in [1.29, 1.82) is 0 Å². The maximum atomic E-state index is 14.3. The number of hydrogen-bond donors (Lipinski definition) is 2. The lowest BCUT2D eigenvalue weighted by Crippen LogP contribution is -2.46. The van der Waals surface area contributed by atoms with E-state index in [9.17, 15) is 27.9 Å². The number of hydrogen-bond acceptors (Lipinski definition) is 5. The summed E-state index contributed by atoms with van der Waals surface area (Å²) in [5, 5.41) is 13.0. The summed E-state index contributed by atoms with van der Waals surface area (Å²) >= 11 is 0. The van der Waals surface area contributed by atoms with E-state index in [1.54, 1.807) is 13.2 Å². The van der Waals surface area contributed by atoms with Crippen LogP contribution in [0.5, 0.6) is 5.75 Å². The van der Waals surface area contributed by atoms with Gasteiger partial charge in [-0.25, -0.2) is 0 Å². The van der Waals surface area contributed by atoms with Gasteiger partial charge in [-0.15, -0.1) is 0 Å². The standard InChI is InChI=1S/C34H44F3N3O4/c1-32(2,3)38-21-26-20-33(26,24-5-8-27(44-4)9-6-24)31(43)40-17-11-22(12-18-40)28-19-25(34(35,36)37)7-10-29(28)39-15-13-23(14-16-39)30(41)42/h5-10,19,22-23,26,38H,11-18,20-21H2,1-4H3,(H,41,42). The third kappa shape index (κ3) is 6.70. The molecule has 1 amide bonds. The van der Waals surface area contributed by atoms with Gasteiger partial charge in [-0.3, -0.25) is 9.59 Å². The molecular formula is C34H44F3N3O4. The number of alkyl halides is 3. The fourth-order valence-electron chi connectivity index (χ4n) is 7.02. The molecule has 7 nitrogen and oxygen atoms in total. The lowest BCUT2D eigenvalue weighted by Gasteiger charge is -2.38. The zero-order valence-electron chi connectivity index (χ0n) is 26.0. The Bertz CT molecular complexity index is 1340. The van der Waals surface area contributed by atoms with Gasteiger partial charge in [0.25, 0.3) is 0 Å². The van der Waals surface area contributed by atoms with Crippen LogP contribution in [0.2, 0.25) is 0 Å². The normalized spacial score (nSPS) is 23.5. The van der Waals surface area contributed by atoms with Crippen molar-refractivity contribution in [2.75, 3.05) is 44.7 Å². The largest absolute Gasteiger partial charge is 0.497 e. The second kappa shape index (κ2) is 12.3. The first-order valence-corrected chi connectivity index (χ1v) is 15.6. The van der Waals surface area contributed by atoms with E-state index in [0.29, 0.717) is 64.0 Å². The molecule has 44 heavy (non-hydrogen) atoms. The number of methoxy groups -OCH3 is 1. The number of rotatable bonds is 8. The summed E-state index contributed by atoms with van der Waals surface area (Å²) < 4.78 is 46.7. The van der Waals surface area contributed by atoms with E-state index in [-0.39, 0.29) is 23.3 Å². The van der Waals surface area contributed by atoms with Gasteiger partial charge in [-0.05, 0) is 113 Å². The van der Waals surface area contributed by atoms with Crippen LogP contribution in [0.25, 0.3) is 0 Å². The third-order valence-corrected chi connectivity index (χ3v) is 9.73. The van der Waals surface area contributed by atoms with E-state index in [1.165, 1.54) is 6.07 Å². The van der Waals surface area contributed by atoms with Crippen molar-refractivity contribution in [3.05, 3.63) is 59.2 Å². The van der Waals surface area contributed by atoms with E-state index < -0.39 is 29.0 Å². The van der Waals surface area contributed by atoms with Crippen molar-refractivity contribution in [3.8, 4) is 5.75 Å². The lowest BCUT2D eigenvalue weighted by molar-refractivity contribution is -0.142. The maximum Gasteiger partial charge on any atom is 0.416 e. The number of carboxylic acids is 1. The predicted molar refractivity (Wildman–Crippen MR) is 163 cm³/mol. The minimum Gasteiger partial charge on any atom is -0.497 e. The van der Waals surface area contributed by atoms with Gasteiger partial charge in [-0.2, -0.15) is 13.2 Å². The van der Waals surface area contributed by atoms with Crippen molar-refractivity contribution >= 4 is 17.6 Å². The van der Waals surface area contributed by atoms with Crippen molar-refractivity contribution < 1.29 is 32.6 Å². The molecule has 2 saturated heterocycles. The highest BCUT2D eigenvalue weighted by atomic mass is 19.4. The summed E-state index contributed by atoms with van der Waals surface area (Å²) in [4.78, 5) is 29.7. The Labute approximate surface area is 257 Å². The number of carboxylic acid groups (broad SMARTS) is 1. The van der Waals surface area contributed by atoms with Gasteiger partial charge in [0.05, 0.1) is 24.0 Å². The Kier molecular flexibility index (Phi) is 8.95. The molecule has 240 valence electrons. The number of nitrogens with zero attached hydrogens (tertiary/aromatic N) is 2. The Hall–Kier alpha value is -3.27. The molecule has 0 radical (unpaired) electrons. The molecule has 1 aliphatic carbocycles. The maximum absolute atomic E-state index is 14.3. The van der Waals surface area contributed by atoms with E-state index in [2.05, 4.69) is 26.1 Å². The number of piperidine rings is 2. The fourth-order valence-corrected chi connectivity index (χ4v) is 7.02. The Morgan fingerprint density at radius 1 is 0.977 bits per heavy atom. The van der Waals surface area contributed by atoms with E-state index in [1.807, 2.05) is 34.1 Å². The van der Waals surface area contributed by atoms with Crippen LogP contribution >= 0.6 is 0 Å². The first-order chi connectivity index (χ1) is 20.7. The molecule has 0 spiro atoms. The SMILES string of the molecule is COc1ccc(C2(C(=O)N3CCC(c4cc(C(F)(F)F)ccc4N4CCC(C(=O)O)CC4)CC3)CC2CNC(C)(C)C)cc1. The molecule has 2 unspecified atom stereocenters. The molecular weight excluding hydrogens is 571 g/mol. The molecule has 5 rings (SSSR count). The van der Waals surface area contributed by atoms with Gasteiger partial charge in [0, 0.05) is 37.4 Å². The average molecular weight is 616 g/mol. The first kappa shape index (κ1) is 32.1. The second-order valence-corrected chi connectivity index (χ2v) is 13.7. The summed E-state index contributed by atoms with van der Waals surface area (Å²) in [5.41, 5.74) is 0.965. The van der Waals surface area contributed by atoms with E-state index in [0.717, 1.165) is 29.5 Å². The number of likely N-dealkylation sites (tertiary alicyclic amines) is 1. The fraction of sp³-hybridized carbons (Fsp3) is 0.588. The van der Waals surface area contributed by atoms with E-state index >= 15 is 0 Å². The number of nitrogens with one attached hydrogen (secondary N) is 1. The molecule has 2 N–H and O–H groups in total. The van der Waals surface area contributed by atoms with Crippen LogP contribution in [0.3, 0.4) is 0 Å². The van der Waals surface area contributed by atoms with Gasteiger partial charge in [-0.1, -0.05) is 12.1 Å². The highest BCUT2D eigenvalue weighted by Crippen LogP contribution is 2.56. The third-order valence-electron chi connectivity index (χ3n) is 9.73. The average Bonchev–Trinajstić information content (AvgIpc) is 3.74. The van der Waals surface area contributed by atoms with Crippen LogP contribution in [-0.2, 0) is 21.2 Å². The molecule has 2 atom stereocenters. The Morgan fingerprint density at radius 2 is 1.61 bits per heavy atom. The smallest absolute Gasteiger partial charge is 0.416 e. The summed E-state index contributed by atoms with van der Waals surface area (Å²) in [5.74, 6) is -0.435. The zero-order valence-corrected chi connectivity index (χ0v) is 26.0. The molecule has 1 saturated carbocycles. The van der Waals surface area contributed by atoms with Crippen molar-refractivity contribution in [2.45, 2.75) is 75.9 Å². The first-order valence-electron chi connectivity index (χ1n) is 15.6. The van der Waals surface area contributed by atoms with Crippen molar-refractivity contribution in [3.63, 3.8) is 0 Å². The molecule has 3 fully saturated rings. The highest BCUT2D eigenvalue weighted by molar-refractivity contribution is 5.92. The summed E-state index contributed by atoms with van der Waals surface area (Å²) in [6, 6.07) is 11.7. The van der Waals surface area contributed by atoms with Gasteiger partial charge in [0.15, 0.2) is 0 Å². The van der Waals surface area contributed by atoms with Crippen LogP contribution in [0.1, 0.15) is 75.5 Å². The number of carbonyl (C=O) groups excluding carboxylic acids is 1. The van der Waals surface area contributed by atoms with Gasteiger partial charge in [0.1, 0.15) is 5.75 Å². The second-order valence-electron chi connectivity index (χ2n) is 13.7. The molecule has 2 aromatic carbocycles. The summed E-state index contributed by atoms with van der Waals surface area (Å²) in [6.45, 7) is 8.94. The van der Waals surface area contributed by atoms with Crippen molar-refractivity contribution in [1.82, 2.24) is 10.2 Å². The molecule has 2 aromatic rings. The number of amides is 1. The number of halogens is 3. The number of carbonyl (C=O) groups is 2. The monoisotopic (exact) mass is 615 g/mol. The van der Waals surface area contributed by atoms with Crippen LogP contribution in [-0.4, -0.2) is 67.3 Å². The topological polar surface area (TPSA) is 82.1 Å². The molecule has 0 aromatic heterocycles. The number of ether oxygens (including phenoxy) is 1. The molecule has 3 aliphatic rings. The number of aliphatic carboxylic acids is 1. The number of benzene rings is 2. The molecule has 2 aliphatic heterocycles. The Balaban J connectivity index is 1.35. The van der Waals surface area contributed by atoms with Gasteiger partial charge < -0.3 is 25.0 Å². The van der Waals surface area contributed by atoms with Crippen molar-refractivity contribution in [2.24, 2.45) is 11.8 Å². The zero-order chi connectivity index (χ0) is 31.9. The molecule has 2 heterocycles. The van der Waals surface area contributed by atoms with E-state index in [4.69, 9.17) is 4.74 Å². The van der Waals surface area contributed by atoms with Crippen LogP contribution in [0.15, 0.2) is 42.5 Å². The highest BCUT2D eigenvalue weighted by Gasteiger charge is 2.62. The number of anilines is 1. The minimum atomic E-state index is -4.47. The predicted octanol–water partition coefficient (Wildman–Crippen LogP) is 6.07. The van der Waals surface area contributed by atoms with Crippen LogP contribution < -0.4 is 15.0 Å². The lowest BCUT2D eigenvalue weighted by atomic mass is 9.84. The van der Waals surface area contributed by atoms with Crippen LogP contribution in [0.4, 0.5) is 18.9 Å². The quantitative estimate of drug-likeness (QED) is 0.376. The van der Waals surface area contributed by atoms with Gasteiger partial charge in [0.2, 0.25) is 5.91 Å². The van der Waals surface area contributed by atoms with Crippen LogP contribution in [0, 0.1) is 11.8 Å². The van der Waals surface area contributed by atoms with Gasteiger partial charge >= 0.3 is 12.1 Å². The molecule has 10 heteroatoms. The summed E-state index contributed by atoms with van der Waals surface area (Å²) in [6.07, 6.45) is -1.67. The molecule has 0 bridgehead atoms.